The molecule has 0 aliphatic heterocycles. The molecule has 0 bridgehead atoms. The molecule has 0 fully saturated rings. The Morgan fingerprint density at radius 3 is 2.76 bits per heavy atom. The number of pyridine rings is 1. The molecule has 0 aliphatic rings. The summed E-state index contributed by atoms with van der Waals surface area (Å²) in [5.74, 6) is -0.389. The van der Waals surface area contributed by atoms with Gasteiger partial charge in [0.05, 0.1) is 0 Å². The molecular formula is C19H19N5O. The lowest BCUT2D eigenvalue weighted by Crippen LogP contribution is -2.14. The van der Waals surface area contributed by atoms with E-state index in [4.69, 9.17) is 11.5 Å². The van der Waals surface area contributed by atoms with Gasteiger partial charge in [-0.1, -0.05) is 11.6 Å². The van der Waals surface area contributed by atoms with Crippen LogP contribution in [0, 0.1) is 13.8 Å². The Balaban J connectivity index is 1.91. The van der Waals surface area contributed by atoms with Crippen LogP contribution in [-0.4, -0.2) is 21.7 Å². The molecule has 1 amide bonds. The van der Waals surface area contributed by atoms with E-state index in [0.29, 0.717) is 17.0 Å². The van der Waals surface area contributed by atoms with Gasteiger partial charge in [0.15, 0.2) is 0 Å². The van der Waals surface area contributed by atoms with Crippen molar-refractivity contribution < 1.29 is 4.79 Å². The number of aromatic nitrogens is 2. The summed E-state index contributed by atoms with van der Waals surface area (Å²) in [6.07, 6.45) is 4.72. The quantitative estimate of drug-likeness (QED) is 0.505. The Kier molecular flexibility index (Phi) is 4.35. The number of nitrogens with two attached hydrogens (primary N) is 2. The predicted octanol–water partition coefficient (Wildman–Crippen LogP) is 2.68. The number of aliphatic imine (C=N–C) groups is 1. The summed E-state index contributed by atoms with van der Waals surface area (Å²) in [5.41, 5.74) is 16.2. The number of benzene rings is 1. The SMILES string of the molecule is Cc1ccc2[nH]c(C(=O)N=C(N)/C=C(\N)c3cccnc3)c(C)c2c1. The van der Waals surface area contributed by atoms with E-state index in [1.54, 1.807) is 24.5 Å². The van der Waals surface area contributed by atoms with Crippen LogP contribution in [0.5, 0.6) is 0 Å². The molecule has 0 unspecified atom stereocenters. The molecular weight excluding hydrogens is 314 g/mol. The zero-order valence-corrected chi connectivity index (χ0v) is 14.1. The second kappa shape index (κ2) is 6.60. The number of hydrogen-bond donors (Lipinski definition) is 3. The van der Waals surface area contributed by atoms with Crippen molar-refractivity contribution in [2.45, 2.75) is 13.8 Å². The van der Waals surface area contributed by atoms with Crippen molar-refractivity contribution in [1.82, 2.24) is 9.97 Å². The van der Waals surface area contributed by atoms with E-state index in [0.717, 1.165) is 22.0 Å². The number of aromatic amines is 1. The van der Waals surface area contributed by atoms with E-state index in [1.807, 2.05) is 32.0 Å². The number of carbonyl (C=O) groups is 1. The van der Waals surface area contributed by atoms with E-state index in [9.17, 15) is 4.79 Å². The standard InChI is InChI=1S/C19H19N5O/c1-11-5-6-16-14(8-11)12(2)18(23-16)19(25)24-17(21)9-15(20)13-4-3-7-22-10-13/h3-10,23H,20H2,1-2H3,(H2,21,24,25)/b15-9-. The van der Waals surface area contributed by atoms with Crippen LogP contribution in [-0.2, 0) is 0 Å². The molecule has 0 aliphatic carbocycles. The molecule has 3 rings (SSSR count). The Bertz CT molecular complexity index is 999. The first-order valence-corrected chi connectivity index (χ1v) is 7.80. The number of H-pyrrole nitrogens is 1. The van der Waals surface area contributed by atoms with E-state index >= 15 is 0 Å². The number of carbonyl (C=O) groups excluding carboxylic acids is 1. The highest BCUT2D eigenvalue weighted by molar-refractivity contribution is 6.10. The molecule has 0 saturated heterocycles. The minimum atomic E-state index is -0.431. The van der Waals surface area contributed by atoms with E-state index in [1.165, 1.54) is 6.08 Å². The molecule has 0 saturated carbocycles. The topological polar surface area (TPSA) is 110 Å². The summed E-state index contributed by atoms with van der Waals surface area (Å²) in [6, 6.07) is 9.54. The zero-order chi connectivity index (χ0) is 18.0. The maximum Gasteiger partial charge on any atom is 0.295 e. The van der Waals surface area contributed by atoms with Gasteiger partial charge >= 0.3 is 0 Å². The minimum Gasteiger partial charge on any atom is -0.398 e. The summed E-state index contributed by atoms with van der Waals surface area (Å²) < 4.78 is 0. The van der Waals surface area contributed by atoms with Gasteiger partial charge in [-0.3, -0.25) is 9.78 Å². The number of amidine groups is 1. The van der Waals surface area contributed by atoms with Crippen molar-refractivity contribution >= 4 is 28.3 Å². The summed E-state index contributed by atoms with van der Waals surface area (Å²) in [7, 11) is 0. The first-order valence-electron chi connectivity index (χ1n) is 7.80. The van der Waals surface area contributed by atoms with Gasteiger partial charge in [-0.15, -0.1) is 0 Å². The first kappa shape index (κ1) is 16.4. The average Bonchev–Trinajstić information content (AvgIpc) is 2.92. The third-order valence-electron chi connectivity index (χ3n) is 3.96. The lowest BCUT2D eigenvalue weighted by atomic mass is 10.1. The number of hydrogen-bond acceptors (Lipinski definition) is 3. The molecule has 2 heterocycles. The lowest BCUT2D eigenvalue weighted by Gasteiger charge is -2.01. The molecule has 6 heteroatoms. The smallest absolute Gasteiger partial charge is 0.295 e. The monoisotopic (exact) mass is 333 g/mol. The van der Waals surface area contributed by atoms with Crippen molar-refractivity contribution in [3.05, 3.63) is 71.2 Å². The summed E-state index contributed by atoms with van der Waals surface area (Å²) in [5, 5.41) is 1.00. The second-order valence-corrected chi connectivity index (χ2v) is 5.86. The Hall–Kier alpha value is -3.41. The molecule has 1 aromatic carbocycles. The molecule has 126 valence electrons. The van der Waals surface area contributed by atoms with E-state index < -0.39 is 5.91 Å². The van der Waals surface area contributed by atoms with Crippen molar-refractivity contribution in [2.75, 3.05) is 0 Å². The second-order valence-electron chi connectivity index (χ2n) is 5.86. The van der Waals surface area contributed by atoms with Gasteiger partial charge in [0, 0.05) is 40.6 Å². The van der Waals surface area contributed by atoms with Crippen LogP contribution in [0.2, 0.25) is 0 Å². The Morgan fingerprint density at radius 1 is 1.24 bits per heavy atom. The van der Waals surface area contributed by atoms with Crippen molar-refractivity contribution in [3.63, 3.8) is 0 Å². The fraction of sp³-hybridized carbons (Fsp3) is 0.105. The third kappa shape index (κ3) is 3.42. The molecule has 3 aromatic rings. The average molecular weight is 333 g/mol. The molecule has 25 heavy (non-hydrogen) atoms. The van der Waals surface area contributed by atoms with E-state index in [-0.39, 0.29) is 5.84 Å². The van der Waals surface area contributed by atoms with Crippen LogP contribution in [0.15, 0.2) is 53.8 Å². The van der Waals surface area contributed by atoms with Crippen LogP contribution >= 0.6 is 0 Å². The highest BCUT2D eigenvalue weighted by Gasteiger charge is 2.14. The number of fused-ring (bicyclic) bond motifs is 1. The molecule has 6 nitrogen and oxygen atoms in total. The minimum absolute atomic E-state index is 0.0422. The zero-order valence-electron chi connectivity index (χ0n) is 14.1. The van der Waals surface area contributed by atoms with Gasteiger partial charge in [0.25, 0.3) is 5.91 Å². The molecule has 5 N–H and O–H groups in total. The van der Waals surface area contributed by atoms with Crippen LogP contribution in [0.4, 0.5) is 0 Å². The Labute approximate surface area is 145 Å². The largest absolute Gasteiger partial charge is 0.398 e. The normalized spacial score (nSPS) is 12.6. The highest BCUT2D eigenvalue weighted by atomic mass is 16.1. The van der Waals surface area contributed by atoms with Crippen molar-refractivity contribution in [3.8, 4) is 0 Å². The van der Waals surface area contributed by atoms with Crippen molar-refractivity contribution in [2.24, 2.45) is 16.5 Å². The number of aryl methyl sites for hydroxylation is 2. The van der Waals surface area contributed by atoms with Gasteiger partial charge in [-0.05, 0) is 43.7 Å². The number of amides is 1. The molecule has 0 radical (unpaired) electrons. The van der Waals surface area contributed by atoms with Gasteiger partial charge in [0.2, 0.25) is 0 Å². The molecule has 2 aromatic heterocycles. The van der Waals surface area contributed by atoms with Crippen LogP contribution < -0.4 is 11.5 Å². The third-order valence-corrected chi connectivity index (χ3v) is 3.96. The Morgan fingerprint density at radius 2 is 2.04 bits per heavy atom. The summed E-state index contributed by atoms with van der Waals surface area (Å²) >= 11 is 0. The number of nitrogens with zero attached hydrogens (tertiary/aromatic N) is 2. The van der Waals surface area contributed by atoms with E-state index in [2.05, 4.69) is 15.0 Å². The van der Waals surface area contributed by atoms with Crippen molar-refractivity contribution in [1.29, 1.82) is 0 Å². The van der Waals surface area contributed by atoms with Gasteiger partial charge in [0.1, 0.15) is 11.5 Å². The maximum absolute atomic E-state index is 12.5. The lowest BCUT2D eigenvalue weighted by molar-refractivity contribution is 0.0998. The highest BCUT2D eigenvalue weighted by Crippen LogP contribution is 2.23. The van der Waals surface area contributed by atoms with Crippen LogP contribution in [0.3, 0.4) is 0 Å². The number of nitrogens with one attached hydrogen (secondary N) is 1. The number of rotatable bonds is 3. The summed E-state index contributed by atoms with van der Waals surface area (Å²) in [4.78, 5) is 23.5. The van der Waals surface area contributed by atoms with Crippen LogP contribution in [0.25, 0.3) is 16.6 Å². The maximum atomic E-state index is 12.5. The van der Waals surface area contributed by atoms with Gasteiger partial charge in [-0.2, -0.15) is 4.99 Å². The molecule has 0 spiro atoms. The van der Waals surface area contributed by atoms with Gasteiger partial charge in [-0.25, -0.2) is 0 Å². The fourth-order valence-electron chi connectivity index (χ4n) is 2.64. The first-order chi connectivity index (χ1) is 12.0. The predicted molar refractivity (Wildman–Crippen MR) is 100 cm³/mol. The van der Waals surface area contributed by atoms with Crippen LogP contribution in [0.1, 0.15) is 27.2 Å². The fourth-order valence-corrected chi connectivity index (χ4v) is 2.64. The summed E-state index contributed by atoms with van der Waals surface area (Å²) in [6.45, 7) is 3.90. The van der Waals surface area contributed by atoms with Gasteiger partial charge < -0.3 is 16.5 Å². The molecule has 0 atom stereocenters.